The number of hydrogen-bond acceptors (Lipinski definition) is 10. The zero-order valence-corrected chi connectivity index (χ0v) is 23.8. The lowest BCUT2D eigenvalue weighted by Gasteiger charge is -2.19. The van der Waals surface area contributed by atoms with Crippen molar-refractivity contribution < 1.29 is 19.1 Å². The van der Waals surface area contributed by atoms with Crippen molar-refractivity contribution in [3.63, 3.8) is 0 Å². The van der Waals surface area contributed by atoms with Crippen LogP contribution in [0.25, 0.3) is 0 Å². The topological polar surface area (TPSA) is 129 Å². The van der Waals surface area contributed by atoms with Gasteiger partial charge in [0.05, 0.1) is 0 Å². The van der Waals surface area contributed by atoms with Crippen LogP contribution in [0.1, 0.15) is 41.5 Å². The lowest BCUT2D eigenvalue weighted by Crippen LogP contribution is -2.33. The monoisotopic (exact) mass is 532 g/mol. The molecule has 0 saturated heterocycles. The van der Waals surface area contributed by atoms with Gasteiger partial charge in [-0.1, -0.05) is 0 Å². The van der Waals surface area contributed by atoms with Crippen molar-refractivity contribution >= 4 is 59.2 Å². The largest absolute Gasteiger partial charge is 0.444 e. The van der Waals surface area contributed by atoms with Gasteiger partial charge in [0.25, 0.3) is 0 Å². The van der Waals surface area contributed by atoms with Crippen LogP contribution in [-0.4, -0.2) is 82.7 Å². The minimum atomic E-state index is -0.464. The molecule has 0 aromatic heterocycles. The van der Waals surface area contributed by atoms with E-state index in [4.69, 9.17) is 20.9 Å². The molecule has 0 aromatic rings. The molecule has 0 rings (SSSR count). The minimum absolute atomic E-state index is 0.382. The van der Waals surface area contributed by atoms with Crippen molar-refractivity contribution in [2.24, 2.45) is 11.5 Å². The van der Waals surface area contributed by atoms with Gasteiger partial charge in [-0.05, 0) is 41.5 Å². The second-order valence-corrected chi connectivity index (χ2v) is 13.5. The standard InChI is InChI=1S/C15H30N2O4S2.C5H14N2S2/c1-14(2,3)20-12(18)16-7-9-22-11-23-10-8-17-13(19)21-15(4,5)6;6-1-3-8-5-9-4-2-7/h7-11H2,1-6H3,(H,16,18)(H,17,19);1-7H2. The Hall–Kier alpha value is -0.140. The Morgan fingerprint density at radius 3 is 1.25 bits per heavy atom. The van der Waals surface area contributed by atoms with Gasteiger partial charge in [-0.3, -0.25) is 0 Å². The Morgan fingerprint density at radius 1 is 0.656 bits per heavy atom. The number of alkyl carbamates (subject to hydrolysis) is 2. The van der Waals surface area contributed by atoms with Crippen molar-refractivity contribution in [1.29, 1.82) is 0 Å². The highest BCUT2D eigenvalue weighted by Crippen LogP contribution is 2.11. The summed E-state index contributed by atoms with van der Waals surface area (Å²) in [6.07, 6.45) is -0.764. The Labute approximate surface area is 212 Å². The highest BCUT2D eigenvalue weighted by atomic mass is 32.2. The van der Waals surface area contributed by atoms with E-state index in [1.54, 1.807) is 23.5 Å². The van der Waals surface area contributed by atoms with Gasteiger partial charge >= 0.3 is 12.2 Å². The number of thioether (sulfide) groups is 4. The fourth-order valence-corrected chi connectivity index (χ4v) is 5.25. The van der Waals surface area contributed by atoms with E-state index in [-0.39, 0.29) is 12.2 Å². The first-order valence-corrected chi connectivity index (χ1v) is 15.2. The van der Waals surface area contributed by atoms with Gasteiger partial charge in [-0.2, -0.15) is 0 Å². The first-order chi connectivity index (χ1) is 14.9. The second-order valence-electron chi connectivity index (χ2n) is 8.30. The van der Waals surface area contributed by atoms with Gasteiger partial charge < -0.3 is 31.6 Å². The summed E-state index contributed by atoms with van der Waals surface area (Å²) in [7, 11) is 0. The predicted octanol–water partition coefficient (Wildman–Crippen LogP) is 3.79. The van der Waals surface area contributed by atoms with Crippen LogP contribution in [0.5, 0.6) is 0 Å². The second kappa shape index (κ2) is 21.4. The van der Waals surface area contributed by atoms with Gasteiger partial charge in [-0.15, -0.1) is 47.0 Å². The van der Waals surface area contributed by atoms with Gasteiger partial charge in [0.15, 0.2) is 0 Å². The van der Waals surface area contributed by atoms with Crippen LogP contribution < -0.4 is 22.1 Å². The molecule has 6 N–H and O–H groups in total. The highest BCUT2D eigenvalue weighted by molar-refractivity contribution is 8.16. The van der Waals surface area contributed by atoms with E-state index >= 15 is 0 Å². The van der Waals surface area contributed by atoms with Gasteiger partial charge in [-0.25, -0.2) is 9.59 Å². The summed E-state index contributed by atoms with van der Waals surface area (Å²) in [5.74, 6) is 3.78. The molecule has 0 fully saturated rings. The molecule has 0 spiro atoms. The van der Waals surface area contributed by atoms with Crippen molar-refractivity contribution in [3.8, 4) is 0 Å². The fourth-order valence-electron chi connectivity index (χ4n) is 1.60. The maximum Gasteiger partial charge on any atom is 0.407 e. The summed E-state index contributed by atoms with van der Waals surface area (Å²) >= 11 is 7.21. The molecule has 0 aliphatic carbocycles. The molecule has 192 valence electrons. The molecule has 2 amide bonds. The third kappa shape index (κ3) is 32.0. The van der Waals surface area contributed by atoms with Crippen LogP contribution in [0.3, 0.4) is 0 Å². The average molecular weight is 533 g/mol. The van der Waals surface area contributed by atoms with Gasteiger partial charge in [0.2, 0.25) is 0 Å². The quantitative estimate of drug-likeness (QED) is 0.194. The maximum absolute atomic E-state index is 11.4. The van der Waals surface area contributed by atoms with Crippen molar-refractivity contribution in [1.82, 2.24) is 10.6 Å². The van der Waals surface area contributed by atoms with Crippen LogP contribution in [-0.2, 0) is 9.47 Å². The van der Waals surface area contributed by atoms with Gasteiger partial charge in [0.1, 0.15) is 11.2 Å². The Balaban J connectivity index is 0. The summed E-state index contributed by atoms with van der Waals surface area (Å²) in [4.78, 5) is 22.8. The third-order valence-corrected chi connectivity index (χ3v) is 7.39. The Morgan fingerprint density at radius 2 is 0.969 bits per heavy atom. The molecule has 0 aliphatic rings. The summed E-state index contributed by atoms with van der Waals surface area (Å²) in [5, 5.41) is 7.47. The molecule has 0 unspecified atom stereocenters. The maximum atomic E-state index is 11.4. The number of amides is 2. The minimum Gasteiger partial charge on any atom is -0.444 e. The SMILES string of the molecule is CC(C)(C)OC(=O)NCCSCSCCNC(=O)OC(C)(C)C.NCCSCSCCN. The Bertz CT molecular complexity index is 435. The highest BCUT2D eigenvalue weighted by Gasteiger charge is 2.16. The first kappa shape index (κ1) is 34.0. The van der Waals surface area contributed by atoms with E-state index in [1.165, 1.54) is 0 Å². The molecule has 12 heteroatoms. The van der Waals surface area contributed by atoms with E-state index in [9.17, 15) is 9.59 Å². The molecule has 0 bridgehead atoms. The third-order valence-electron chi connectivity index (χ3n) is 2.69. The zero-order valence-electron chi connectivity index (χ0n) is 20.5. The molecule has 0 heterocycles. The summed E-state index contributed by atoms with van der Waals surface area (Å²) < 4.78 is 10.3. The number of carbonyl (C=O) groups excluding carboxylic acids is 2. The van der Waals surface area contributed by atoms with Crippen LogP contribution >= 0.6 is 47.0 Å². The number of hydrogen-bond donors (Lipinski definition) is 4. The molecule has 0 saturated carbocycles. The van der Waals surface area contributed by atoms with E-state index in [0.717, 1.165) is 46.3 Å². The fraction of sp³-hybridized carbons (Fsp3) is 0.900. The average Bonchev–Trinajstić information content (AvgIpc) is 2.64. The molecule has 0 radical (unpaired) electrons. The number of ether oxygens (including phenoxy) is 2. The van der Waals surface area contributed by atoms with Crippen molar-refractivity contribution in [2.75, 3.05) is 59.4 Å². The number of nitrogens with two attached hydrogens (primary N) is 2. The van der Waals surface area contributed by atoms with Crippen LogP contribution in [0, 0.1) is 0 Å². The lowest BCUT2D eigenvalue weighted by atomic mass is 10.2. The smallest absolute Gasteiger partial charge is 0.407 e. The summed E-state index contributed by atoms with van der Waals surface area (Å²) in [5.41, 5.74) is 9.65. The first-order valence-electron chi connectivity index (χ1n) is 10.6. The number of carbonyl (C=O) groups is 2. The number of rotatable bonds is 14. The molecular formula is C20H44N4O4S4. The molecular weight excluding hydrogens is 489 g/mol. The molecule has 32 heavy (non-hydrogen) atoms. The molecule has 0 atom stereocenters. The molecule has 0 aliphatic heterocycles. The molecule has 8 nitrogen and oxygen atoms in total. The predicted molar refractivity (Wildman–Crippen MR) is 146 cm³/mol. The molecule has 0 aromatic carbocycles. The lowest BCUT2D eigenvalue weighted by molar-refractivity contribution is 0.0520. The van der Waals surface area contributed by atoms with Crippen molar-refractivity contribution in [2.45, 2.75) is 52.7 Å². The van der Waals surface area contributed by atoms with Crippen LogP contribution in [0.4, 0.5) is 9.59 Å². The van der Waals surface area contributed by atoms with E-state index in [2.05, 4.69) is 10.6 Å². The summed E-state index contributed by atoms with van der Waals surface area (Å²) in [6.45, 7) is 13.8. The normalized spacial score (nSPS) is 11.2. The Kier molecular flexibility index (Phi) is 22.8. The van der Waals surface area contributed by atoms with Crippen molar-refractivity contribution in [3.05, 3.63) is 0 Å². The van der Waals surface area contributed by atoms with E-state index in [1.807, 2.05) is 65.1 Å². The number of nitrogens with one attached hydrogen (secondary N) is 2. The van der Waals surface area contributed by atoms with E-state index < -0.39 is 11.2 Å². The van der Waals surface area contributed by atoms with Gasteiger partial charge in [0, 0.05) is 59.4 Å². The van der Waals surface area contributed by atoms with Crippen LogP contribution in [0.15, 0.2) is 0 Å². The summed E-state index contributed by atoms with van der Waals surface area (Å²) in [6, 6.07) is 0. The zero-order chi connectivity index (χ0) is 24.9. The van der Waals surface area contributed by atoms with Crippen LogP contribution in [0.2, 0.25) is 0 Å². The van der Waals surface area contributed by atoms with E-state index in [0.29, 0.717) is 13.1 Å².